The van der Waals surface area contributed by atoms with Gasteiger partial charge in [-0.1, -0.05) is 44.7 Å². The first-order valence-corrected chi connectivity index (χ1v) is 8.34. The molecule has 0 radical (unpaired) electrons. The van der Waals surface area contributed by atoms with Crippen LogP contribution in [-0.4, -0.2) is 33.0 Å². The first-order chi connectivity index (χ1) is 10.9. The maximum atomic E-state index is 12.5. The number of nitrogens with zero attached hydrogens (tertiary/aromatic N) is 2. The predicted octanol–water partition coefficient (Wildman–Crippen LogP) is 3.02. The number of carboxylic acid groups (broad SMARTS) is 1. The molecule has 2 rings (SSSR count). The number of carboxylic acids is 1. The summed E-state index contributed by atoms with van der Waals surface area (Å²) in [5.41, 5.74) is 0.110. The van der Waals surface area contributed by atoms with E-state index in [1.165, 1.54) is 6.20 Å². The van der Waals surface area contributed by atoms with Gasteiger partial charge in [0.15, 0.2) is 0 Å². The van der Waals surface area contributed by atoms with E-state index in [0.717, 1.165) is 19.3 Å². The van der Waals surface area contributed by atoms with Crippen LogP contribution >= 0.6 is 11.6 Å². The van der Waals surface area contributed by atoms with Gasteiger partial charge in [-0.3, -0.25) is 9.59 Å². The van der Waals surface area contributed by atoms with Crippen LogP contribution in [0.15, 0.2) is 6.20 Å². The van der Waals surface area contributed by atoms with Gasteiger partial charge in [-0.25, -0.2) is 9.97 Å². The SMILES string of the molecule is CC(C)c1ncc(Cl)c(C(=O)N[C@@H]2CCCCC[C@@H]2C(=O)O)n1. The molecular weight excluding hydrogens is 318 g/mol. The van der Waals surface area contributed by atoms with E-state index in [4.69, 9.17) is 11.6 Å². The lowest BCUT2D eigenvalue weighted by Crippen LogP contribution is -2.43. The van der Waals surface area contributed by atoms with E-state index in [0.29, 0.717) is 18.7 Å². The number of aromatic nitrogens is 2. The van der Waals surface area contributed by atoms with Gasteiger partial charge in [0.1, 0.15) is 11.5 Å². The number of rotatable bonds is 4. The summed E-state index contributed by atoms with van der Waals surface area (Å²) in [6.07, 6.45) is 5.42. The van der Waals surface area contributed by atoms with E-state index >= 15 is 0 Å². The minimum Gasteiger partial charge on any atom is -0.481 e. The summed E-state index contributed by atoms with van der Waals surface area (Å²) in [6.45, 7) is 3.85. The minimum absolute atomic E-state index is 0.0727. The van der Waals surface area contributed by atoms with Gasteiger partial charge < -0.3 is 10.4 Å². The first-order valence-electron chi connectivity index (χ1n) is 7.96. The van der Waals surface area contributed by atoms with Crippen LogP contribution in [0.3, 0.4) is 0 Å². The maximum Gasteiger partial charge on any atom is 0.308 e. The highest BCUT2D eigenvalue weighted by Crippen LogP contribution is 2.25. The van der Waals surface area contributed by atoms with Crippen molar-refractivity contribution in [2.75, 3.05) is 0 Å². The molecule has 2 N–H and O–H groups in total. The van der Waals surface area contributed by atoms with Crippen molar-refractivity contribution in [3.05, 3.63) is 22.7 Å². The van der Waals surface area contributed by atoms with Crippen molar-refractivity contribution in [1.82, 2.24) is 15.3 Å². The van der Waals surface area contributed by atoms with Crippen LogP contribution < -0.4 is 5.32 Å². The molecule has 1 amide bonds. The fourth-order valence-corrected chi connectivity index (χ4v) is 3.01. The fourth-order valence-electron chi connectivity index (χ4n) is 2.83. The molecule has 0 unspecified atom stereocenters. The summed E-state index contributed by atoms with van der Waals surface area (Å²) in [7, 11) is 0. The van der Waals surface area contributed by atoms with Crippen LogP contribution in [-0.2, 0) is 4.79 Å². The Kier molecular flexibility index (Phi) is 5.93. The molecule has 126 valence electrons. The molecule has 0 aromatic carbocycles. The second kappa shape index (κ2) is 7.73. The molecule has 23 heavy (non-hydrogen) atoms. The lowest BCUT2D eigenvalue weighted by molar-refractivity contribution is -0.142. The molecule has 6 nitrogen and oxygen atoms in total. The van der Waals surface area contributed by atoms with Crippen LogP contribution in [0.25, 0.3) is 0 Å². The lowest BCUT2D eigenvalue weighted by atomic mass is 9.95. The molecule has 0 saturated heterocycles. The van der Waals surface area contributed by atoms with E-state index in [9.17, 15) is 14.7 Å². The molecule has 1 aromatic heterocycles. The number of aliphatic carboxylic acids is 1. The highest BCUT2D eigenvalue weighted by atomic mass is 35.5. The monoisotopic (exact) mass is 339 g/mol. The Morgan fingerprint density at radius 3 is 2.65 bits per heavy atom. The molecule has 1 aliphatic carbocycles. The number of halogens is 1. The zero-order valence-electron chi connectivity index (χ0n) is 13.4. The van der Waals surface area contributed by atoms with Gasteiger partial charge in [0.05, 0.1) is 17.1 Å². The van der Waals surface area contributed by atoms with E-state index in [1.807, 2.05) is 13.8 Å². The van der Waals surface area contributed by atoms with Gasteiger partial charge in [-0.05, 0) is 12.8 Å². The molecule has 1 heterocycles. The van der Waals surface area contributed by atoms with E-state index < -0.39 is 23.8 Å². The predicted molar refractivity (Wildman–Crippen MR) is 86.6 cm³/mol. The molecule has 0 spiro atoms. The Labute approximate surface area is 140 Å². The summed E-state index contributed by atoms with van der Waals surface area (Å²) < 4.78 is 0. The molecule has 1 fully saturated rings. The third-order valence-electron chi connectivity index (χ3n) is 4.14. The summed E-state index contributed by atoms with van der Waals surface area (Å²) in [5, 5.41) is 12.4. The average molecular weight is 340 g/mol. The first kappa shape index (κ1) is 17.7. The van der Waals surface area contributed by atoms with E-state index in [1.54, 1.807) is 0 Å². The molecule has 0 bridgehead atoms. The third-order valence-corrected chi connectivity index (χ3v) is 4.42. The standard InChI is InChI=1S/C16H22ClN3O3/c1-9(2)14-18-8-11(17)13(20-14)15(21)19-12-7-5-3-4-6-10(12)16(22)23/h8-10,12H,3-7H2,1-2H3,(H,19,21)(H,22,23)/t10-,12+/m0/s1. The summed E-state index contributed by atoms with van der Waals surface area (Å²) >= 11 is 6.04. The van der Waals surface area contributed by atoms with E-state index in [2.05, 4.69) is 15.3 Å². The van der Waals surface area contributed by atoms with Gasteiger partial charge in [0.25, 0.3) is 5.91 Å². The van der Waals surface area contributed by atoms with Gasteiger partial charge in [-0.15, -0.1) is 0 Å². The van der Waals surface area contributed by atoms with Crippen molar-refractivity contribution in [3.63, 3.8) is 0 Å². The van der Waals surface area contributed by atoms with Crippen molar-refractivity contribution in [2.24, 2.45) is 5.92 Å². The summed E-state index contributed by atoms with van der Waals surface area (Å²) in [6, 6.07) is -0.393. The van der Waals surface area contributed by atoms with Crippen molar-refractivity contribution < 1.29 is 14.7 Å². The highest BCUT2D eigenvalue weighted by molar-refractivity contribution is 6.33. The van der Waals surface area contributed by atoms with Gasteiger partial charge in [0, 0.05) is 12.0 Å². The smallest absolute Gasteiger partial charge is 0.308 e. The molecular formula is C16H22ClN3O3. The maximum absolute atomic E-state index is 12.5. The number of amides is 1. The summed E-state index contributed by atoms with van der Waals surface area (Å²) in [5.74, 6) is -1.25. The number of carbonyl (C=O) groups is 2. The fraction of sp³-hybridized carbons (Fsp3) is 0.625. The average Bonchev–Trinajstić information content (AvgIpc) is 2.72. The van der Waals surface area contributed by atoms with Gasteiger partial charge >= 0.3 is 5.97 Å². The van der Waals surface area contributed by atoms with Crippen molar-refractivity contribution in [3.8, 4) is 0 Å². The van der Waals surface area contributed by atoms with Gasteiger partial charge in [0.2, 0.25) is 0 Å². The quantitative estimate of drug-likeness (QED) is 0.822. The molecule has 1 aromatic rings. The molecule has 1 saturated carbocycles. The van der Waals surface area contributed by atoms with Crippen LogP contribution in [0.2, 0.25) is 5.02 Å². The Morgan fingerprint density at radius 2 is 2.00 bits per heavy atom. The number of hydrogen-bond donors (Lipinski definition) is 2. The van der Waals surface area contributed by atoms with Crippen molar-refractivity contribution in [1.29, 1.82) is 0 Å². The number of hydrogen-bond acceptors (Lipinski definition) is 4. The molecule has 7 heteroatoms. The Hall–Kier alpha value is -1.69. The minimum atomic E-state index is -0.867. The van der Waals surface area contributed by atoms with E-state index in [-0.39, 0.29) is 16.6 Å². The second-order valence-corrected chi connectivity index (χ2v) is 6.65. The normalized spacial score (nSPS) is 21.7. The Balaban J connectivity index is 2.19. The van der Waals surface area contributed by atoms with Crippen LogP contribution in [0.5, 0.6) is 0 Å². The second-order valence-electron chi connectivity index (χ2n) is 6.24. The third kappa shape index (κ3) is 4.41. The van der Waals surface area contributed by atoms with Crippen molar-refractivity contribution in [2.45, 2.75) is 57.9 Å². The zero-order valence-corrected chi connectivity index (χ0v) is 14.1. The van der Waals surface area contributed by atoms with Crippen LogP contribution in [0.1, 0.15) is 68.2 Å². The van der Waals surface area contributed by atoms with Crippen LogP contribution in [0.4, 0.5) is 0 Å². The largest absolute Gasteiger partial charge is 0.481 e. The number of nitrogens with one attached hydrogen (secondary N) is 1. The Bertz CT molecular complexity index is 592. The lowest BCUT2D eigenvalue weighted by Gasteiger charge is -2.23. The molecule has 1 aliphatic rings. The van der Waals surface area contributed by atoms with Crippen molar-refractivity contribution >= 4 is 23.5 Å². The van der Waals surface area contributed by atoms with Gasteiger partial charge in [-0.2, -0.15) is 0 Å². The van der Waals surface area contributed by atoms with Crippen LogP contribution in [0, 0.1) is 5.92 Å². The zero-order chi connectivity index (χ0) is 17.0. The molecule has 2 atom stereocenters. The number of carbonyl (C=O) groups excluding carboxylic acids is 1. The summed E-state index contributed by atoms with van der Waals surface area (Å²) in [4.78, 5) is 32.3. The Morgan fingerprint density at radius 1 is 1.30 bits per heavy atom. The topological polar surface area (TPSA) is 92.2 Å². The highest BCUT2D eigenvalue weighted by Gasteiger charge is 2.31. The molecule has 0 aliphatic heterocycles.